The predicted octanol–water partition coefficient (Wildman–Crippen LogP) is 6.04. The van der Waals surface area contributed by atoms with E-state index in [1.165, 1.54) is 33.6 Å². The third-order valence-corrected chi connectivity index (χ3v) is 5.37. The Morgan fingerprint density at radius 2 is 1.50 bits per heavy atom. The summed E-state index contributed by atoms with van der Waals surface area (Å²) in [6.07, 6.45) is 6.61. The number of likely N-dealkylation sites (N-methyl/N-ethyl adjacent to an activating group) is 1. The summed E-state index contributed by atoms with van der Waals surface area (Å²) in [5.74, 6) is 0. The molecule has 0 saturated heterocycles. The van der Waals surface area contributed by atoms with Gasteiger partial charge in [0.2, 0.25) is 0 Å². The SMILES string of the molecule is CN(C)c1ccc(C=CC=C2c3ccccc3N(C)C2c2ccccc2)cc1. The van der Waals surface area contributed by atoms with E-state index in [4.69, 9.17) is 0 Å². The Labute approximate surface area is 168 Å². The summed E-state index contributed by atoms with van der Waals surface area (Å²) >= 11 is 0. The molecule has 0 spiro atoms. The molecule has 2 heteroatoms. The van der Waals surface area contributed by atoms with Crippen LogP contribution in [0.2, 0.25) is 0 Å². The second-order valence-corrected chi connectivity index (χ2v) is 7.41. The fourth-order valence-corrected chi connectivity index (χ4v) is 3.89. The number of hydrogen-bond acceptors (Lipinski definition) is 2. The Morgan fingerprint density at radius 1 is 0.821 bits per heavy atom. The molecule has 1 heterocycles. The van der Waals surface area contributed by atoms with Gasteiger partial charge >= 0.3 is 0 Å². The molecule has 3 aromatic rings. The van der Waals surface area contributed by atoms with Crippen LogP contribution in [0.5, 0.6) is 0 Å². The van der Waals surface area contributed by atoms with Crippen molar-refractivity contribution < 1.29 is 0 Å². The average molecular weight is 367 g/mol. The zero-order valence-corrected chi connectivity index (χ0v) is 16.7. The van der Waals surface area contributed by atoms with Gasteiger partial charge in [-0.1, -0.05) is 78.9 Å². The maximum atomic E-state index is 2.37. The summed E-state index contributed by atoms with van der Waals surface area (Å²) in [7, 11) is 6.31. The lowest BCUT2D eigenvalue weighted by Gasteiger charge is -2.23. The number of allylic oxidation sites excluding steroid dienone is 2. The number of hydrogen-bond donors (Lipinski definition) is 0. The van der Waals surface area contributed by atoms with Gasteiger partial charge in [-0.15, -0.1) is 0 Å². The van der Waals surface area contributed by atoms with E-state index in [1.807, 2.05) is 0 Å². The lowest BCUT2D eigenvalue weighted by atomic mass is 9.96. The fourth-order valence-electron chi connectivity index (χ4n) is 3.89. The van der Waals surface area contributed by atoms with Crippen LogP contribution in [-0.2, 0) is 0 Å². The van der Waals surface area contributed by atoms with Crippen LogP contribution in [0, 0.1) is 0 Å². The molecule has 0 aliphatic carbocycles. The Morgan fingerprint density at radius 3 is 2.21 bits per heavy atom. The topological polar surface area (TPSA) is 6.48 Å². The molecule has 0 N–H and O–H groups in total. The molecule has 0 bridgehead atoms. The van der Waals surface area contributed by atoms with Gasteiger partial charge < -0.3 is 9.80 Å². The highest BCUT2D eigenvalue weighted by Gasteiger charge is 2.31. The molecule has 0 radical (unpaired) electrons. The van der Waals surface area contributed by atoms with E-state index in [-0.39, 0.29) is 6.04 Å². The zero-order chi connectivity index (χ0) is 19.5. The van der Waals surface area contributed by atoms with Crippen LogP contribution in [0.4, 0.5) is 11.4 Å². The van der Waals surface area contributed by atoms with Gasteiger partial charge in [-0.2, -0.15) is 0 Å². The third kappa shape index (κ3) is 3.46. The molecule has 2 nitrogen and oxygen atoms in total. The van der Waals surface area contributed by atoms with Gasteiger partial charge in [-0.05, 0) is 34.9 Å². The minimum absolute atomic E-state index is 0.236. The van der Waals surface area contributed by atoms with Crippen molar-refractivity contribution in [1.82, 2.24) is 0 Å². The van der Waals surface area contributed by atoms with Crippen LogP contribution >= 0.6 is 0 Å². The van der Waals surface area contributed by atoms with Crippen molar-refractivity contribution in [3.63, 3.8) is 0 Å². The Bertz CT molecular complexity index is 998. The van der Waals surface area contributed by atoms with E-state index in [0.717, 1.165) is 0 Å². The fraction of sp³-hybridized carbons (Fsp3) is 0.154. The highest BCUT2D eigenvalue weighted by atomic mass is 15.2. The number of para-hydroxylation sites is 1. The average Bonchev–Trinajstić information content (AvgIpc) is 3.01. The maximum Gasteiger partial charge on any atom is 0.0799 e. The van der Waals surface area contributed by atoms with Crippen molar-refractivity contribution in [3.05, 3.63) is 108 Å². The van der Waals surface area contributed by atoms with E-state index in [0.29, 0.717) is 0 Å². The molecule has 28 heavy (non-hydrogen) atoms. The molecule has 0 amide bonds. The number of fused-ring (bicyclic) bond motifs is 1. The molecule has 3 aromatic carbocycles. The van der Waals surface area contributed by atoms with E-state index in [2.05, 4.69) is 128 Å². The summed E-state index contributed by atoms with van der Waals surface area (Å²) in [4.78, 5) is 4.49. The molecule has 1 unspecified atom stereocenters. The van der Waals surface area contributed by atoms with Crippen LogP contribution in [0.25, 0.3) is 11.6 Å². The first-order valence-corrected chi connectivity index (χ1v) is 9.68. The minimum Gasteiger partial charge on any atom is -0.378 e. The van der Waals surface area contributed by atoms with Gasteiger partial charge in [0.15, 0.2) is 0 Å². The van der Waals surface area contributed by atoms with E-state index in [9.17, 15) is 0 Å². The van der Waals surface area contributed by atoms with Gasteiger partial charge in [0.05, 0.1) is 6.04 Å². The first kappa shape index (κ1) is 18.1. The highest BCUT2D eigenvalue weighted by molar-refractivity contribution is 5.89. The van der Waals surface area contributed by atoms with Crippen molar-refractivity contribution in [1.29, 1.82) is 0 Å². The normalized spacial score (nSPS) is 17.3. The van der Waals surface area contributed by atoms with Gasteiger partial charge in [0.25, 0.3) is 0 Å². The molecule has 140 valence electrons. The Hall–Kier alpha value is -3.26. The highest BCUT2D eigenvalue weighted by Crippen LogP contribution is 2.47. The number of nitrogens with zero attached hydrogens (tertiary/aromatic N) is 2. The molecule has 1 aliphatic heterocycles. The van der Waals surface area contributed by atoms with Crippen LogP contribution in [0.15, 0.2) is 91.0 Å². The first-order valence-electron chi connectivity index (χ1n) is 9.68. The molecular weight excluding hydrogens is 340 g/mol. The summed E-state index contributed by atoms with van der Waals surface area (Å²) in [5, 5.41) is 0. The molecule has 1 aliphatic rings. The molecule has 0 fully saturated rings. The van der Waals surface area contributed by atoms with Crippen LogP contribution in [0.1, 0.15) is 22.7 Å². The lowest BCUT2D eigenvalue weighted by Crippen LogP contribution is -2.19. The van der Waals surface area contributed by atoms with E-state index >= 15 is 0 Å². The zero-order valence-electron chi connectivity index (χ0n) is 16.7. The quantitative estimate of drug-likeness (QED) is 0.555. The second-order valence-electron chi connectivity index (χ2n) is 7.41. The van der Waals surface area contributed by atoms with Crippen molar-refractivity contribution in [2.75, 3.05) is 30.9 Å². The number of rotatable bonds is 4. The summed E-state index contributed by atoms with van der Waals surface area (Å²) < 4.78 is 0. The summed E-state index contributed by atoms with van der Waals surface area (Å²) in [6.45, 7) is 0. The van der Waals surface area contributed by atoms with Crippen molar-refractivity contribution in [3.8, 4) is 0 Å². The summed E-state index contributed by atoms with van der Waals surface area (Å²) in [5.41, 5.74) is 7.67. The van der Waals surface area contributed by atoms with Gasteiger partial charge in [-0.25, -0.2) is 0 Å². The van der Waals surface area contributed by atoms with E-state index < -0.39 is 0 Å². The predicted molar refractivity (Wildman–Crippen MR) is 122 cm³/mol. The summed E-state index contributed by atoms with van der Waals surface area (Å²) in [6, 6.07) is 28.3. The smallest absolute Gasteiger partial charge is 0.0799 e. The first-order chi connectivity index (χ1) is 13.6. The largest absolute Gasteiger partial charge is 0.378 e. The lowest BCUT2D eigenvalue weighted by molar-refractivity contribution is 0.860. The Balaban J connectivity index is 1.68. The second kappa shape index (κ2) is 7.77. The third-order valence-electron chi connectivity index (χ3n) is 5.37. The van der Waals surface area contributed by atoms with Crippen molar-refractivity contribution in [2.24, 2.45) is 0 Å². The van der Waals surface area contributed by atoms with E-state index in [1.54, 1.807) is 0 Å². The number of benzene rings is 3. The van der Waals surface area contributed by atoms with Gasteiger partial charge in [0, 0.05) is 38.1 Å². The van der Waals surface area contributed by atoms with Gasteiger partial charge in [0.1, 0.15) is 0 Å². The van der Waals surface area contributed by atoms with Crippen LogP contribution in [0.3, 0.4) is 0 Å². The molecule has 0 aromatic heterocycles. The van der Waals surface area contributed by atoms with Crippen molar-refractivity contribution in [2.45, 2.75) is 6.04 Å². The molecule has 1 atom stereocenters. The van der Waals surface area contributed by atoms with Crippen molar-refractivity contribution >= 4 is 23.0 Å². The monoisotopic (exact) mass is 366 g/mol. The molecule has 0 saturated carbocycles. The molecular formula is C26H26N2. The molecule has 4 rings (SSSR count). The number of anilines is 2. The standard InChI is InChI=1S/C26H26N2/c1-27(2)22-18-16-20(17-19-22)10-9-14-24-23-13-7-8-15-25(23)28(3)26(24)21-11-5-4-6-12-21/h4-19,26H,1-3H3. The van der Waals surface area contributed by atoms with Gasteiger partial charge in [-0.3, -0.25) is 0 Å². The maximum absolute atomic E-state index is 2.37. The minimum atomic E-state index is 0.236. The Kier molecular flexibility index (Phi) is 5.03. The van der Waals surface area contributed by atoms with Crippen LogP contribution in [-0.4, -0.2) is 21.1 Å². The van der Waals surface area contributed by atoms with Crippen LogP contribution < -0.4 is 9.80 Å².